The maximum atomic E-state index is 12.1. The minimum Gasteiger partial charge on any atom is -0.478 e. The fourth-order valence-corrected chi connectivity index (χ4v) is 3.00. The van der Waals surface area contributed by atoms with Gasteiger partial charge in [-0.25, -0.2) is 4.79 Å². The summed E-state index contributed by atoms with van der Waals surface area (Å²) in [6.07, 6.45) is 0. The minimum absolute atomic E-state index is 0.0373. The number of hydrogen-bond acceptors (Lipinski definition) is 3. The number of aromatic carboxylic acids is 1. The Hall–Kier alpha value is -1.56. The Morgan fingerprint density at radius 3 is 2.25 bits per heavy atom. The second kappa shape index (κ2) is 5.83. The first kappa shape index (κ1) is 14.8. The van der Waals surface area contributed by atoms with Gasteiger partial charge in [-0.15, -0.1) is 0 Å². The Kier molecular flexibility index (Phi) is 4.32. The SMILES string of the molecule is Cc1cscc1C(=O)Nc1c(Cl)cc(C(=O)O)cc1Cl. The normalized spacial score (nSPS) is 10.3. The van der Waals surface area contributed by atoms with Crippen molar-refractivity contribution in [2.75, 3.05) is 5.32 Å². The van der Waals surface area contributed by atoms with Crippen LogP contribution in [-0.4, -0.2) is 17.0 Å². The quantitative estimate of drug-likeness (QED) is 0.881. The first-order valence-corrected chi connectivity index (χ1v) is 7.16. The van der Waals surface area contributed by atoms with E-state index < -0.39 is 5.97 Å². The molecule has 0 bridgehead atoms. The second-order valence-corrected chi connectivity index (χ2v) is 5.60. The molecule has 0 radical (unpaired) electrons. The fraction of sp³-hybridized carbons (Fsp3) is 0.0769. The highest BCUT2D eigenvalue weighted by Crippen LogP contribution is 2.32. The summed E-state index contributed by atoms with van der Waals surface area (Å²) >= 11 is 13.3. The first-order chi connectivity index (χ1) is 9.40. The summed E-state index contributed by atoms with van der Waals surface area (Å²) in [5.74, 6) is -1.48. The highest BCUT2D eigenvalue weighted by Gasteiger charge is 2.16. The summed E-state index contributed by atoms with van der Waals surface area (Å²) in [6.45, 7) is 1.82. The first-order valence-electron chi connectivity index (χ1n) is 5.46. The highest BCUT2D eigenvalue weighted by molar-refractivity contribution is 7.08. The van der Waals surface area contributed by atoms with Crippen molar-refractivity contribution in [1.82, 2.24) is 0 Å². The predicted octanol–water partition coefficient (Wildman–Crippen LogP) is 4.31. The maximum absolute atomic E-state index is 12.1. The lowest BCUT2D eigenvalue weighted by molar-refractivity contribution is 0.0696. The minimum atomic E-state index is -1.14. The Labute approximate surface area is 128 Å². The number of amides is 1. The number of carboxylic acids is 1. The fourth-order valence-electron chi connectivity index (χ4n) is 1.59. The molecule has 20 heavy (non-hydrogen) atoms. The molecule has 7 heteroatoms. The van der Waals surface area contributed by atoms with Gasteiger partial charge in [0.15, 0.2) is 0 Å². The van der Waals surface area contributed by atoms with E-state index in [4.69, 9.17) is 28.3 Å². The molecule has 0 aliphatic carbocycles. The van der Waals surface area contributed by atoms with Gasteiger partial charge in [0.2, 0.25) is 0 Å². The third kappa shape index (κ3) is 2.95. The van der Waals surface area contributed by atoms with Crippen LogP contribution in [0.25, 0.3) is 0 Å². The van der Waals surface area contributed by atoms with Crippen molar-refractivity contribution in [2.45, 2.75) is 6.92 Å². The zero-order valence-electron chi connectivity index (χ0n) is 10.2. The second-order valence-electron chi connectivity index (χ2n) is 4.04. The van der Waals surface area contributed by atoms with Gasteiger partial charge >= 0.3 is 5.97 Å². The van der Waals surface area contributed by atoms with Crippen LogP contribution in [0.2, 0.25) is 10.0 Å². The van der Waals surface area contributed by atoms with Crippen LogP contribution >= 0.6 is 34.5 Å². The van der Waals surface area contributed by atoms with Gasteiger partial charge in [-0.3, -0.25) is 4.79 Å². The number of anilines is 1. The number of carbonyl (C=O) groups excluding carboxylic acids is 1. The molecule has 0 fully saturated rings. The van der Waals surface area contributed by atoms with Gasteiger partial charge in [-0.2, -0.15) is 11.3 Å². The average molecular weight is 330 g/mol. The highest BCUT2D eigenvalue weighted by atomic mass is 35.5. The lowest BCUT2D eigenvalue weighted by Crippen LogP contribution is -2.13. The molecular weight excluding hydrogens is 321 g/mol. The lowest BCUT2D eigenvalue weighted by Gasteiger charge is -2.10. The van der Waals surface area contributed by atoms with Crippen molar-refractivity contribution in [1.29, 1.82) is 0 Å². The van der Waals surface area contributed by atoms with E-state index in [0.717, 1.165) is 5.56 Å². The number of nitrogens with one attached hydrogen (secondary N) is 1. The van der Waals surface area contributed by atoms with Crippen LogP contribution in [0.5, 0.6) is 0 Å². The van der Waals surface area contributed by atoms with Crippen molar-refractivity contribution in [3.63, 3.8) is 0 Å². The van der Waals surface area contributed by atoms with Crippen LogP contribution in [0.4, 0.5) is 5.69 Å². The Balaban J connectivity index is 2.33. The summed E-state index contributed by atoms with van der Waals surface area (Å²) in [4.78, 5) is 22.9. The summed E-state index contributed by atoms with van der Waals surface area (Å²) < 4.78 is 0. The predicted molar refractivity (Wildman–Crippen MR) is 80.4 cm³/mol. The molecule has 2 N–H and O–H groups in total. The van der Waals surface area contributed by atoms with E-state index in [2.05, 4.69) is 5.32 Å². The van der Waals surface area contributed by atoms with Gasteiger partial charge in [0, 0.05) is 5.38 Å². The Bertz CT molecular complexity index is 674. The molecule has 1 aromatic heterocycles. The van der Waals surface area contributed by atoms with E-state index in [9.17, 15) is 9.59 Å². The molecule has 0 spiro atoms. The molecule has 0 unspecified atom stereocenters. The number of carbonyl (C=O) groups is 2. The summed E-state index contributed by atoms with van der Waals surface area (Å²) in [7, 11) is 0. The molecule has 0 aliphatic rings. The summed E-state index contributed by atoms with van der Waals surface area (Å²) in [5, 5.41) is 15.2. The van der Waals surface area contributed by atoms with Gasteiger partial charge in [0.05, 0.1) is 26.9 Å². The van der Waals surface area contributed by atoms with Gasteiger partial charge in [0.25, 0.3) is 5.91 Å². The van der Waals surface area contributed by atoms with E-state index in [-0.39, 0.29) is 27.2 Å². The van der Waals surface area contributed by atoms with Crippen molar-refractivity contribution in [3.05, 3.63) is 49.6 Å². The molecule has 2 aromatic rings. The molecule has 0 aliphatic heterocycles. The number of halogens is 2. The van der Waals surface area contributed by atoms with Crippen LogP contribution in [-0.2, 0) is 0 Å². The molecule has 2 rings (SSSR count). The smallest absolute Gasteiger partial charge is 0.335 e. The van der Waals surface area contributed by atoms with Crippen LogP contribution in [0.1, 0.15) is 26.3 Å². The molecule has 1 amide bonds. The monoisotopic (exact) mass is 329 g/mol. The zero-order chi connectivity index (χ0) is 14.9. The Morgan fingerprint density at radius 1 is 1.20 bits per heavy atom. The third-order valence-corrected chi connectivity index (χ3v) is 4.09. The molecular formula is C13H9Cl2NO3S. The van der Waals surface area contributed by atoms with Crippen molar-refractivity contribution < 1.29 is 14.7 Å². The van der Waals surface area contributed by atoms with Crippen LogP contribution in [0.15, 0.2) is 22.9 Å². The van der Waals surface area contributed by atoms with Crippen LogP contribution in [0.3, 0.4) is 0 Å². The van der Waals surface area contributed by atoms with Crippen molar-refractivity contribution in [2.24, 2.45) is 0 Å². The number of hydrogen-bond donors (Lipinski definition) is 2. The molecule has 1 aromatic carbocycles. The number of thiophene rings is 1. The standard InChI is InChI=1S/C13H9Cl2NO3S/c1-6-4-20-5-8(6)12(17)16-11-9(14)2-7(13(18)19)3-10(11)15/h2-5H,1H3,(H,16,17)(H,18,19). The third-order valence-electron chi connectivity index (χ3n) is 2.63. The number of carboxylic acid groups (broad SMARTS) is 1. The van der Waals surface area contributed by atoms with Gasteiger partial charge in [-0.05, 0) is 30.0 Å². The maximum Gasteiger partial charge on any atom is 0.335 e. The lowest BCUT2D eigenvalue weighted by atomic mass is 10.2. The number of rotatable bonds is 3. The topological polar surface area (TPSA) is 66.4 Å². The van der Waals surface area contributed by atoms with E-state index in [1.165, 1.54) is 23.5 Å². The van der Waals surface area contributed by atoms with Gasteiger partial charge in [-0.1, -0.05) is 23.2 Å². The molecule has 4 nitrogen and oxygen atoms in total. The van der Waals surface area contributed by atoms with Crippen molar-refractivity contribution >= 4 is 52.1 Å². The van der Waals surface area contributed by atoms with E-state index in [1.807, 2.05) is 12.3 Å². The Morgan fingerprint density at radius 2 is 1.80 bits per heavy atom. The van der Waals surface area contributed by atoms with Crippen molar-refractivity contribution in [3.8, 4) is 0 Å². The van der Waals surface area contributed by atoms with E-state index in [0.29, 0.717) is 5.56 Å². The molecule has 0 saturated carbocycles. The molecule has 1 heterocycles. The zero-order valence-corrected chi connectivity index (χ0v) is 12.6. The summed E-state index contributed by atoms with van der Waals surface area (Å²) in [6, 6.07) is 2.48. The van der Waals surface area contributed by atoms with E-state index in [1.54, 1.807) is 5.38 Å². The molecule has 0 atom stereocenters. The molecule has 104 valence electrons. The van der Waals surface area contributed by atoms with Gasteiger partial charge < -0.3 is 10.4 Å². The van der Waals surface area contributed by atoms with Gasteiger partial charge in [0.1, 0.15) is 0 Å². The van der Waals surface area contributed by atoms with E-state index >= 15 is 0 Å². The van der Waals surface area contributed by atoms with Crippen LogP contribution in [0, 0.1) is 6.92 Å². The summed E-state index contributed by atoms with van der Waals surface area (Å²) in [5.41, 5.74) is 1.55. The van der Waals surface area contributed by atoms with Crippen LogP contribution < -0.4 is 5.32 Å². The largest absolute Gasteiger partial charge is 0.478 e. The average Bonchev–Trinajstić information content (AvgIpc) is 2.79. The number of benzene rings is 1. The number of aryl methyl sites for hydroxylation is 1. The molecule has 0 saturated heterocycles.